The Labute approximate surface area is 110 Å². The average molecular weight is 246 g/mol. The third-order valence-corrected chi connectivity index (χ3v) is 5.15. The maximum absolute atomic E-state index is 2.40. The summed E-state index contributed by atoms with van der Waals surface area (Å²) in [5, 5.41) is 0. The van der Waals surface area contributed by atoms with E-state index in [0.29, 0.717) is 4.75 Å². The van der Waals surface area contributed by atoms with Gasteiger partial charge in [0.15, 0.2) is 0 Å². The summed E-state index contributed by atoms with van der Waals surface area (Å²) in [6.45, 7) is 6.78. The summed E-state index contributed by atoms with van der Waals surface area (Å²) in [6, 6.07) is 0. The van der Waals surface area contributed by atoms with E-state index in [0.717, 1.165) is 6.42 Å². The van der Waals surface area contributed by atoms with Crippen molar-refractivity contribution >= 4 is 11.8 Å². The summed E-state index contributed by atoms with van der Waals surface area (Å²) < 4.78 is 0.314. The highest BCUT2D eigenvalue weighted by atomic mass is 32.2. The molecule has 0 heterocycles. The van der Waals surface area contributed by atoms with E-state index in [9.17, 15) is 0 Å². The van der Waals surface area contributed by atoms with E-state index in [1.165, 1.54) is 29.7 Å². The molecule has 0 nitrogen and oxygen atoms in total. The van der Waals surface area contributed by atoms with Gasteiger partial charge >= 0.3 is 0 Å². The first-order valence-electron chi connectivity index (χ1n) is 6.51. The number of hydrogen-bond acceptors (Lipinski definition) is 1. The van der Waals surface area contributed by atoms with E-state index in [4.69, 9.17) is 0 Å². The minimum absolute atomic E-state index is 0.314. The highest BCUT2D eigenvalue weighted by Crippen LogP contribution is 2.45. The second-order valence-electron chi connectivity index (χ2n) is 5.00. The van der Waals surface area contributed by atoms with Gasteiger partial charge in [-0.15, -0.1) is 0 Å². The van der Waals surface area contributed by atoms with Crippen LogP contribution in [0.25, 0.3) is 0 Å². The SMILES string of the molecule is CCSC1(CC2=CCC=C2)CC=C(C)C=C1C. The average Bonchev–Trinajstić information content (AvgIpc) is 2.77. The molecule has 0 amide bonds. The molecule has 17 heavy (non-hydrogen) atoms. The highest BCUT2D eigenvalue weighted by Gasteiger charge is 2.33. The van der Waals surface area contributed by atoms with Gasteiger partial charge in [-0.3, -0.25) is 0 Å². The van der Waals surface area contributed by atoms with Gasteiger partial charge in [0.05, 0.1) is 0 Å². The van der Waals surface area contributed by atoms with E-state index >= 15 is 0 Å². The molecule has 1 heteroatoms. The zero-order chi connectivity index (χ0) is 12.3. The standard InChI is InChI=1S/C16H22S/c1-4-17-16(12-15-7-5-6-8-15)10-9-13(2)11-14(16)3/h5,7-9,11H,4,6,10,12H2,1-3H3. The van der Waals surface area contributed by atoms with Crippen molar-refractivity contribution < 1.29 is 0 Å². The van der Waals surface area contributed by atoms with Crippen LogP contribution in [0.3, 0.4) is 0 Å². The van der Waals surface area contributed by atoms with E-state index in [1.54, 1.807) is 5.57 Å². The maximum Gasteiger partial charge on any atom is 0.0443 e. The summed E-state index contributed by atoms with van der Waals surface area (Å²) >= 11 is 2.11. The van der Waals surface area contributed by atoms with Crippen LogP contribution in [0.1, 0.15) is 40.0 Å². The minimum Gasteiger partial charge on any atom is -0.150 e. The van der Waals surface area contributed by atoms with Crippen molar-refractivity contribution in [2.75, 3.05) is 5.75 Å². The molecular formula is C16H22S. The Bertz CT molecular complexity index is 409. The van der Waals surface area contributed by atoms with Crippen molar-refractivity contribution in [1.29, 1.82) is 0 Å². The van der Waals surface area contributed by atoms with Gasteiger partial charge in [-0.1, -0.05) is 54.0 Å². The second-order valence-corrected chi connectivity index (χ2v) is 6.65. The molecule has 0 saturated heterocycles. The van der Waals surface area contributed by atoms with Gasteiger partial charge < -0.3 is 0 Å². The van der Waals surface area contributed by atoms with Crippen LogP contribution < -0.4 is 0 Å². The molecule has 2 rings (SSSR count). The third-order valence-electron chi connectivity index (χ3n) is 3.67. The molecule has 0 bridgehead atoms. The Morgan fingerprint density at radius 3 is 2.71 bits per heavy atom. The van der Waals surface area contributed by atoms with E-state index in [-0.39, 0.29) is 0 Å². The molecule has 0 aromatic rings. The Balaban J connectivity index is 2.21. The number of thioether (sulfide) groups is 1. The minimum atomic E-state index is 0.314. The predicted molar refractivity (Wildman–Crippen MR) is 79.5 cm³/mol. The first-order valence-corrected chi connectivity index (χ1v) is 7.50. The van der Waals surface area contributed by atoms with Crippen LogP contribution in [0.2, 0.25) is 0 Å². The molecule has 0 radical (unpaired) electrons. The molecule has 92 valence electrons. The van der Waals surface area contributed by atoms with Crippen molar-refractivity contribution in [3.63, 3.8) is 0 Å². The summed E-state index contributed by atoms with van der Waals surface area (Å²) in [5.74, 6) is 1.19. The van der Waals surface area contributed by atoms with Crippen molar-refractivity contribution in [2.24, 2.45) is 0 Å². The molecule has 1 atom stereocenters. The van der Waals surface area contributed by atoms with Crippen LogP contribution >= 0.6 is 11.8 Å². The fourth-order valence-electron chi connectivity index (χ4n) is 2.70. The Morgan fingerprint density at radius 2 is 2.12 bits per heavy atom. The summed E-state index contributed by atoms with van der Waals surface area (Å²) in [4.78, 5) is 0. The van der Waals surface area contributed by atoms with Crippen LogP contribution in [0, 0.1) is 0 Å². The van der Waals surface area contributed by atoms with E-state index in [2.05, 4.69) is 62.9 Å². The topological polar surface area (TPSA) is 0 Å². The number of rotatable bonds is 4. The first kappa shape index (κ1) is 12.8. The van der Waals surface area contributed by atoms with Crippen LogP contribution in [-0.2, 0) is 0 Å². The quantitative estimate of drug-likeness (QED) is 0.669. The van der Waals surface area contributed by atoms with Crippen LogP contribution in [0.5, 0.6) is 0 Å². The molecule has 0 aliphatic heterocycles. The van der Waals surface area contributed by atoms with Crippen molar-refractivity contribution in [3.05, 3.63) is 47.1 Å². The van der Waals surface area contributed by atoms with Gasteiger partial charge in [0.25, 0.3) is 0 Å². The Hall–Kier alpha value is -0.690. The summed E-state index contributed by atoms with van der Waals surface area (Å²) in [6.07, 6.45) is 15.2. The fourth-order valence-corrected chi connectivity index (χ4v) is 4.01. The molecule has 0 N–H and O–H groups in total. The number of hydrogen-bond donors (Lipinski definition) is 0. The zero-order valence-corrected chi connectivity index (χ0v) is 11.9. The fraction of sp³-hybridized carbons (Fsp3) is 0.500. The van der Waals surface area contributed by atoms with Gasteiger partial charge in [0.1, 0.15) is 0 Å². The van der Waals surface area contributed by atoms with Crippen LogP contribution in [0.4, 0.5) is 0 Å². The molecule has 0 fully saturated rings. The molecule has 0 spiro atoms. The summed E-state index contributed by atoms with van der Waals surface area (Å²) in [7, 11) is 0. The third kappa shape index (κ3) is 2.77. The highest BCUT2D eigenvalue weighted by molar-refractivity contribution is 8.00. The Morgan fingerprint density at radius 1 is 1.29 bits per heavy atom. The van der Waals surface area contributed by atoms with Gasteiger partial charge in [-0.05, 0) is 38.9 Å². The molecule has 2 aliphatic carbocycles. The van der Waals surface area contributed by atoms with Gasteiger partial charge in [-0.2, -0.15) is 11.8 Å². The monoisotopic (exact) mass is 246 g/mol. The number of allylic oxidation sites excluding steroid dienone is 7. The molecule has 2 aliphatic rings. The van der Waals surface area contributed by atoms with Crippen molar-refractivity contribution in [3.8, 4) is 0 Å². The van der Waals surface area contributed by atoms with Crippen LogP contribution in [0.15, 0.2) is 47.1 Å². The van der Waals surface area contributed by atoms with Gasteiger partial charge in [0, 0.05) is 4.75 Å². The van der Waals surface area contributed by atoms with E-state index < -0.39 is 0 Å². The molecular weight excluding hydrogens is 224 g/mol. The van der Waals surface area contributed by atoms with Gasteiger partial charge in [0.2, 0.25) is 0 Å². The predicted octanol–water partition coefficient (Wildman–Crippen LogP) is 5.05. The lowest BCUT2D eigenvalue weighted by Crippen LogP contribution is -2.28. The lowest BCUT2D eigenvalue weighted by Gasteiger charge is -2.36. The van der Waals surface area contributed by atoms with Crippen LogP contribution in [-0.4, -0.2) is 10.5 Å². The summed E-state index contributed by atoms with van der Waals surface area (Å²) in [5.41, 5.74) is 4.49. The smallest absolute Gasteiger partial charge is 0.0443 e. The van der Waals surface area contributed by atoms with Crippen molar-refractivity contribution in [2.45, 2.75) is 44.8 Å². The molecule has 0 aromatic carbocycles. The lowest BCUT2D eigenvalue weighted by atomic mass is 9.84. The molecule has 0 saturated carbocycles. The maximum atomic E-state index is 2.40. The molecule has 1 unspecified atom stereocenters. The molecule has 0 aromatic heterocycles. The Kier molecular flexibility index (Phi) is 3.98. The van der Waals surface area contributed by atoms with Gasteiger partial charge in [-0.25, -0.2) is 0 Å². The lowest BCUT2D eigenvalue weighted by molar-refractivity contribution is 0.667. The van der Waals surface area contributed by atoms with E-state index in [1.807, 2.05) is 0 Å². The largest absolute Gasteiger partial charge is 0.150 e. The second kappa shape index (κ2) is 5.30. The van der Waals surface area contributed by atoms with Crippen molar-refractivity contribution in [1.82, 2.24) is 0 Å². The first-order chi connectivity index (χ1) is 8.16. The zero-order valence-electron chi connectivity index (χ0n) is 11.1. The normalized spacial score (nSPS) is 27.8.